The number of carbonyl (C=O) groups is 1. The number of nitrogens with two attached hydrogens (primary N) is 1. The average molecular weight is 266 g/mol. The molecule has 3 N–H and O–H groups in total. The lowest BCUT2D eigenvalue weighted by Crippen LogP contribution is -2.39. The van der Waals surface area contributed by atoms with Crippen molar-refractivity contribution >= 4 is 11.6 Å². The highest BCUT2D eigenvalue weighted by atomic mass is 16.5. The molecule has 1 aromatic rings. The summed E-state index contributed by atoms with van der Waals surface area (Å²) in [4.78, 5) is 12.0. The van der Waals surface area contributed by atoms with Gasteiger partial charge in [0.05, 0.1) is 17.9 Å². The van der Waals surface area contributed by atoms with E-state index in [2.05, 4.69) is 5.32 Å². The highest BCUT2D eigenvalue weighted by Crippen LogP contribution is 2.22. The molecule has 0 radical (unpaired) electrons. The van der Waals surface area contributed by atoms with E-state index in [-0.39, 0.29) is 5.91 Å². The fraction of sp³-hybridized carbons (Fsp3) is 0.500. The van der Waals surface area contributed by atoms with Crippen molar-refractivity contribution in [1.29, 1.82) is 0 Å². The third kappa shape index (κ3) is 4.44. The normalized spacial score (nSPS) is 11.2. The van der Waals surface area contributed by atoms with Gasteiger partial charge < -0.3 is 20.5 Å². The van der Waals surface area contributed by atoms with Gasteiger partial charge >= 0.3 is 0 Å². The number of hydrogen-bond donors (Lipinski definition) is 2. The van der Waals surface area contributed by atoms with E-state index in [0.717, 1.165) is 0 Å². The molecule has 0 heterocycles. The lowest BCUT2D eigenvalue weighted by atomic mass is 10.1. The molecule has 1 rings (SSSR count). The van der Waals surface area contributed by atoms with Crippen LogP contribution in [0.4, 0.5) is 5.69 Å². The summed E-state index contributed by atoms with van der Waals surface area (Å²) >= 11 is 0. The second-order valence-electron chi connectivity index (χ2n) is 4.83. The number of methoxy groups -OCH3 is 1. The Morgan fingerprint density at radius 1 is 1.42 bits per heavy atom. The van der Waals surface area contributed by atoms with Crippen LogP contribution in [-0.2, 0) is 4.74 Å². The minimum absolute atomic E-state index is 0.181. The summed E-state index contributed by atoms with van der Waals surface area (Å²) in [5.74, 6) is 0.413. The molecule has 5 heteroatoms. The molecule has 0 atom stereocenters. The maximum absolute atomic E-state index is 12.0. The molecule has 5 nitrogen and oxygen atoms in total. The van der Waals surface area contributed by atoms with Crippen LogP contribution in [0.5, 0.6) is 5.75 Å². The third-order valence-electron chi connectivity index (χ3n) is 2.80. The predicted molar refractivity (Wildman–Crippen MR) is 75.4 cm³/mol. The second kappa shape index (κ2) is 6.43. The van der Waals surface area contributed by atoms with E-state index in [1.54, 1.807) is 25.3 Å². The second-order valence-corrected chi connectivity index (χ2v) is 4.83. The molecule has 0 aliphatic heterocycles. The molecule has 0 unspecified atom stereocenters. The molecule has 0 aliphatic carbocycles. The Kier molecular flexibility index (Phi) is 5.18. The maximum Gasteiger partial charge on any atom is 0.251 e. The molecule has 0 fully saturated rings. The predicted octanol–water partition coefficient (Wildman–Crippen LogP) is 1.82. The van der Waals surface area contributed by atoms with Gasteiger partial charge in [-0.1, -0.05) is 0 Å². The van der Waals surface area contributed by atoms with Gasteiger partial charge in [-0.3, -0.25) is 4.79 Å². The first-order valence-electron chi connectivity index (χ1n) is 6.25. The monoisotopic (exact) mass is 266 g/mol. The van der Waals surface area contributed by atoms with E-state index >= 15 is 0 Å². The van der Waals surface area contributed by atoms with E-state index in [1.807, 2.05) is 20.8 Å². The van der Waals surface area contributed by atoms with Crippen molar-refractivity contribution in [2.45, 2.75) is 26.4 Å². The average Bonchev–Trinajstić information content (AvgIpc) is 2.38. The molecule has 0 saturated heterocycles. The van der Waals surface area contributed by atoms with Crippen LogP contribution in [0.15, 0.2) is 18.2 Å². The van der Waals surface area contributed by atoms with E-state index in [9.17, 15) is 4.79 Å². The van der Waals surface area contributed by atoms with Gasteiger partial charge in [0.25, 0.3) is 5.91 Å². The lowest BCUT2D eigenvalue weighted by Gasteiger charge is -2.23. The van der Waals surface area contributed by atoms with Crippen molar-refractivity contribution in [1.82, 2.24) is 5.32 Å². The van der Waals surface area contributed by atoms with Gasteiger partial charge in [-0.2, -0.15) is 0 Å². The summed E-state index contributed by atoms with van der Waals surface area (Å²) in [5.41, 5.74) is 6.39. The highest BCUT2D eigenvalue weighted by Gasteiger charge is 2.18. The number of rotatable bonds is 6. The number of hydrogen-bond acceptors (Lipinski definition) is 4. The summed E-state index contributed by atoms with van der Waals surface area (Å²) in [5, 5.41) is 2.81. The number of anilines is 1. The number of nitrogen functional groups attached to an aromatic ring is 1. The van der Waals surface area contributed by atoms with Gasteiger partial charge in [0, 0.05) is 19.2 Å². The first-order valence-corrected chi connectivity index (χ1v) is 6.25. The zero-order valence-electron chi connectivity index (χ0n) is 11.9. The van der Waals surface area contributed by atoms with Crippen LogP contribution in [0.3, 0.4) is 0 Å². The zero-order valence-corrected chi connectivity index (χ0v) is 11.9. The van der Waals surface area contributed by atoms with Crippen molar-refractivity contribution < 1.29 is 14.3 Å². The number of nitrogens with one attached hydrogen (secondary N) is 1. The first kappa shape index (κ1) is 15.3. The summed E-state index contributed by atoms with van der Waals surface area (Å²) < 4.78 is 10.6. The largest absolute Gasteiger partial charge is 0.492 e. The van der Waals surface area contributed by atoms with Gasteiger partial charge in [0.1, 0.15) is 5.75 Å². The van der Waals surface area contributed by atoms with Gasteiger partial charge in [-0.15, -0.1) is 0 Å². The van der Waals surface area contributed by atoms with E-state index in [4.69, 9.17) is 15.2 Å². The number of ether oxygens (including phenoxy) is 2. The molecule has 19 heavy (non-hydrogen) atoms. The van der Waals surface area contributed by atoms with Crippen LogP contribution in [0, 0.1) is 0 Å². The number of benzene rings is 1. The SMILES string of the molecule is CCOc1ccc(C(=O)NCC(C)(C)OC)cc1N. The number of amides is 1. The Morgan fingerprint density at radius 2 is 2.11 bits per heavy atom. The fourth-order valence-electron chi connectivity index (χ4n) is 1.44. The Labute approximate surface area is 114 Å². The minimum atomic E-state index is -0.396. The van der Waals surface area contributed by atoms with E-state index in [0.29, 0.717) is 30.2 Å². The van der Waals surface area contributed by atoms with Crippen LogP contribution in [0.2, 0.25) is 0 Å². The molecule has 0 aromatic heterocycles. The Hall–Kier alpha value is -1.75. The summed E-state index contributed by atoms with van der Waals surface area (Å²) in [7, 11) is 1.61. The molecule has 0 aliphatic rings. The van der Waals surface area contributed by atoms with Crippen LogP contribution in [0.25, 0.3) is 0 Å². The zero-order chi connectivity index (χ0) is 14.5. The Morgan fingerprint density at radius 3 is 2.63 bits per heavy atom. The summed E-state index contributed by atoms with van der Waals surface area (Å²) in [6.45, 7) is 6.65. The fourth-order valence-corrected chi connectivity index (χ4v) is 1.44. The van der Waals surface area contributed by atoms with Gasteiger partial charge in [0.15, 0.2) is 0 Å². The van der Waals surface area contributed by atoms with Crippen LogP contribution >= 0.6 is 0 Å². The Balaban J connectivity index is 2.70. The molecular weight excluding hydrogens is 244 g/mol. The van der Waals surface area contributed by atoms with Gasteiger partial charge in [-0.05, 0) is 39.0 Å². The summed E-state index contributed by atoms with van der Waals surface area (Å²) in [6.07, 6.45) is 0. The van der Waals surface area contributed by atoms with E-state index in [1.165, 1.54) is 0 Å². The maximum atomic E-state index is 12.0. The molecule has 1 amide bonds. The lowest BCUT2D eigenvalue weighted by molar-refractivity contribution is 0.0229. The van der Waals surface area contributed by atoms with Crippen molar-refractivity contribution in [3.63, 3.8) is 0 Å². The smallest absolute Gasteiger partial charge is 0.251 e. The van der Waals surface area contributed by atoms with E-state index < -0.39 is 5.60 Å². The molecule has 0 bridgehead atoms. The summed E-state index contributed by atoms with van der Waals surface area (Å²) in [6, 6.07) is 5.01. The first-order chi connectivity index (χ1) is 8.89. The van der Waals surface area contributed by atoms with Crippen molar-refractivity contribution in [2.24, 2.45) is 0 Å². The highest BCUT2D eigenvalue weighted by molar-refractivity contribution is 5.95. The van der Waals surface area contributed by atoms with Crippen LogP contribution in [-0.4, -0.2) is 31.8 Å². The van der Waals surface area contributed by atoms with Gasteiger partial charge in [0.2, 0.25) is 0 Å². The molecule has 1 aromatic carbocycles. The molecule has 0 saturated carbocycles. The van der Waals surface area contributed by atoms with Gasteiger partial charge in [-0.25, -0.2) is 0 Å². The Bertz CT molecular complexity index is 444. The molecule has 0 spiro atoms. The van der Waals surface area contributed by atoms with Crippen molar-refractivity contribution in [2.75, 3.05) is 26.0 Å². The van der Waals surface area contributed by atoms with Crippen molar-refractivity contribution in [3.8, 4) is 5.75 Å². The standard InChI is InChI=1S/C14H22N2O3/c1-5-19-12-7-6-10(8-11(12)15)13(17)16-9-14(2,3)18-4/h6-8H,5,9,15H2,1-4H3,(H,16,17). The van der Waals surface area contributed by atoms with Crippen molar-refractivity contribution in [3.05, 3.63) is 23.8 Å². The molecular formula is C14H22N2O3. The topological polar surface area (TPSA) is 73.6 Å². The number of carbonyl (C=O) groups excluding carboxylic acids is 1. The minimum Gasteiger partial charge on any atom is -0.492 e. The molecule has 106 valence electrons. The van der Waals surface area contributed by atoms with Crippen LogP contribution < -0.4 is 15.8 Å². The quantitative estimate of drug-likeness (QED) is 0.770. The third-order valence-corrected chi connectivity index (χ3v) is 2.80. The van der Waals surface area contributed by atoms with Crippen LogP contribution in [0.1, 0.15) is 31.1 Å².